The number of thiocarbonyl (C=S) groups is 1. The summed E-state index contributed by atoms with van der Waals surface area (Å²) in [6.45, 7) is 4.06. The lowest BCUT2D eigenvalue weighted by Crippen LogP contribution is -2.26. The van der Waals surface area contributed by atoms with Gasteiger partial charge in [0.05, 0.1) is 0 Å². The van der Waals surface area contributed by atoms with Crippen LogP contribution in [0.3, 0.4) is 0 Å². The summed E-state index contributed by atoms with van der Waals surface area (Å²) in [4.78, 5) is 15.1. The molecule has 1 aliphatic rings. The van der Waals surface area contributed by atoms with Gasteiger partial charge in [-0.2, -0.15) is 0 Å². The van der Waals surface area contributed by atoms with E-state index in [-0.39, 0.29) is 12.5 Å². The van der Waals surface area contributed by atoms with E-state index in [1.807, 2.05) is 55.5 Å². The molecule has 1 fully saturated rings. The average molecular weight is 354 g/mol. The van der Waals surface area contributed by atoms with Crippen molar-refractivity contribution in [2.45, 2.75) is 19.8 Å². The highest BCUT2D eigenvalue weighted by molar-refractivity contribution is 7.80. The fraction of sp³-hybridized carbons (Fsp3) is 0.300. The van der Waals surface area contributed by atoms with Crippen molar-refractivity contribution in [1.82, 2.24) is 4.90 Å². The molecule has 0 spiro atoms. The number of amides is 1. The second-order valence-electron chi connectivity index (χ2n) is 6.23. The molecule has 0 aliphatic carbocycles. The molecule has 0 radical (unpaired) electrons. The van der Waals surface area contributed by atoms with Gasteiger partial charge in [-0.3, -0.25) is 4.79 Å². The maximum absolute atomic E-state index is 12.0. The number of aryl methyl sites for hydroxylation is 1. The zero-order valence-electron chi connectivity index (χ0n) is 14.3. The highest BCUT2D eigenvalue weighted by Gasteiger charge is 2.16. The van der Waals surface area contributed by atoms with Crippen molar-refractivity contribution in [3.8, 4) is 5.75 Å². The van der Waals surface area contributed by atoms with Crippen LogP contribution in [0.15, 0.2) is 48.5 Å². The molecule has 1 N–H and O–H groups in total. The number of likely N-dealkylation sites (tertiary alicyclic amines) is 1. The van der Waals surface area contributed by atoms with E-state index in [0.717, 1.165) is 34.9 Å². The quantitative estimate of drug-likeness (QED) is 0.830. The van der Waals surface area contributed by atoms with Crippen LogP contribution in [0, 0.1) is 6.92 Å². The number of carbonyl (C=O) groups is 1. The van der Waals surface area contributed by atoms with Crippen LogP contribution in [0.5, 0.6) is 5.75 Å². The van der Waals surface area contributed by atoms with E-state index in [9.17, 15) is 4.79 Å². The van der Waals surface area contributed by atoms with E-state index in [4.69, 9.17) is 17.0 Å². The smallest absolute Gasteiger partial charge is 0.262 e. The first-order chi connectivity index (χ1) is 12.1. The van der Waals surface area contributed by atoms with Crippen molar-refractivity contribution in [3.63, 3.8) is 0 Å². The third-order valence-corrected chi connectivity index (χ3v) is 4.69. The fourth-order valence-electron chi connectivity index (χ4n) is 2.78. The molecule has 2 aromatic rings. The largest absolute Gasteiger partial charge is 0.484 e. The van der Waals surface area contributed by atoms with Crippen LogP contribution in [0.1, 0.15) is 24.0 Å². The summed E-state index contributed by atoms with van der Waals surface area (Å²) >= 11 is 5.53. The van der Waals surface area contributed by atoms with Gasteiger partial charge in [0.25, 0.3) is 5.91 Å². The first-order valence-corrected chi connectivity index (χ1v) is 8.91. The maximum atomic E-state index is 12.0. The average Bonchev–Trinajstić information content (AvgIpc) is 3.16. The Hall–Kier alpha value is -2.40. The Labute approximate surface area is 153 Å². The van der Waals surface area contributed by atoms with Crippen LogP contribution < -0.4 is 10.1 Å². The fourth-order valence-corrected chi connectivity index (χ4v) is 3.10. The summed E-state index contributed by atoms with van der Waals surface area (Å²) in [6.07, 6.45) is 2.41. The monoisotopic (exact) mass is 354 g/mol. The SMILES string of the molecule is Cc1ccc(NC(=O)COc2ccc(C(=S)N3CCCC3)cc2)cc1. The third-order valence-electron chi connectivity index (χ3n) is 4.20. The van der Waals surface area contributed by atoms with E-state index in [1.165, 1.54) is 12.8 Å². The third kappa shape index (κ3) is 4.79. The van der Waals surface area contributed by atoms with Crippen molar-refractivity contribution in [2.24, 2.45) is 0 Å². The molecule has 0 aromatic heterocycles. The second-order valence-corrected chi connectivity index (χ2v) is 6.61. The summed E-state index contributed by atoms with van der Waals surface area (Å²) in [5, 5.41) is 2.81. The minimum absolute atomic E-state index is 0.0240. The molecule has 0 atom stereocenters. The highest BCUT2D eigenvalue weighted by Crippen LogP contribution is 2.17. The van der Waals surface area contributed by atoms with E-state index in [0.29, 0.717) is 5.75 Å². The van der Waals surface area contributed by atoms with Gasteiger partial charge < -0.3 is 15.0 Å². The van der Waals surface area contributed by atoms with Crippen molar-refractivity contribution in [2.75, 3.05) is 25.0 Å². The Morgan fingerprint density at radius 1 is 1.08 bits per heavy atom. The van der Waals surface area contributed by atoms with E-state index in [2.05, 4.69) is 10.2 Å². The highest BCUT2D eigenvalue weighted by atomic mass is 32.1. The van der Waals surface area contributed by atoms with Gasteiger partial charge in [-0.25, -0.2) is 0 Å². The van der Waals surface area contributed by atoms with Gasteiger partial charge in [0.2, 0.25) is 0 Å². The molecule has 2 aromatic carbocycles. The lowest BCUT2D eigenvalue weighted by molar-refractivity contribution is -0.118. The summed E-state index contributed by atoms with van der Waals surface area (Å²) in [5.74, 6) is 0.479. The molecule has 5 heteroatoms. The first kappa shape index (κ1) is 17.4. The van der Waals surface area contributed by atoms with Crippen molar-refractivity contribution in [3.05, 3.63) is 59.7 Å². The number of nitrogens with zero attached hydrogens (tertiary/aromatic N) is 1. The number of carbonyl (C=O) groups excluding carboxylic acids is 1. The van der Waals surface area contributed by atoms with Crippen LogP contribution in [0.25, 0.3) is 0 Å². The Bertz CT molecular complexity index is 735. The van der Waals surface area contributed by atoms with Gasteiger partial charge in [-0.1, -0.05) is 29.9 Å². The lowest BCUT2D eigenvalue weighted by Gasteiger charge is -2.18. The Balaban J connectivity index is 1.50. The number of hydrogen-bond donors (Lipinski definition) is 1. The molecule has 1 aliphatic heterocycles. The molecular weight excluding hydrogens is 332 g/mol. The number of hydrogen-bond acceptors (Lipinski definition) is 3. The lowest BCUT2D eigenvalue weighted by atomic mass is 10.2. The zero-order chi connectivity index (χ0) is 17.6. The minimum atomic E-state index is -0.180. The summed E-state index contributed by atoms with van der Waals surface area (Å²) < 4.78 is 5.56. The van der Waals surface area contributed by atoms with E-state index in [1.54, 1.807) is 0 Å². The van der Waals surface area contributed by atoms with Gasteiger partial charge in [0.1, 0.15) is 10.7 Å². The van der Waals surface area contributed by atoms with E-state index < -0.39 is 0 Å². The Kier molecular flexibility index (Phi) is 5.66. The van der Waals surface area contributed by atoms with Crippen molar-refractivity contribution >= 4 is 28.8 Å². The van der Waals surface area contributed by atoms with Crippen molar-refractivity contribution < 1.29 is 9.53 Å². The van der Waals surface area contributed by atoms with Gasteiger partial charge >= 0.3 is 0 Å². The van der Waals surface area contributed by atoms with Crippen LogP contribution in [-0.2, 0) is 4.79 Å². The molecule has 25 heavy (non-hydrogen) atoms. The molecule has 0 bridgehead atoms. The maximum Gasteiger partial charge on any atom is 0.262 e. The topological polar surface area (TPSA) is 41.6 Å². The van der Waals surface area contributed by atoms with Crippen LogP contribution in [-0.4, -0.2) is 35.5 Å². The molecule has 1 amide bonds. The Morgan fingerprint density at radius 3 is 2.36 bits per heavy atom. The zero-order valence-corrected chi connectivity index (χ0v) is 15.1. The normalized spacial score (nSPS) is 13.6. The number of ether oxygens (including phenoxy) is 1. The van der Waals surface area contributed by atoms with Crippen LogP contribution in [0.4, 0.5) is 5.69 Å². The summed E-state index contributed by atoms with van der Waals surface area (Å²) in [7, 11) is 0. The van der Waals surface area contributed by atoms with Gasteiger partial charge in [0, 0.05) is 24.3 Å². The van der Waals surface area contributed by atoms with Crippen molar-refractivity contribution in [1.29, 1.82) is 0 Å². The minimum Gasteiger partial charge on any atom is -0.484 e. The molecular formula is C20H22N2O2S. The number of rotatable bonds is 5. The molecule has 3 rings (SSSR count). The van der Waals surface area contributed by atoms with Gasteiger partial charge in [-0.05, 0) is 56.2 Å². The van der Waals surface area contributed by atoms with Gasteiger partial charge in [-0.15, -0.1) is 0 Å². The van der Waals surface area contributed by atoms with Gasteiger partial charge in [0.15, 0.2) is 6.61 Å². The molecule has 1 saturated heterocycles. The molecule has 4 nitrogen and oxygen atoms in total. The number of anilines is 1. The second kappa shape index (κ2) is 8.12. The molecule has 130 valence electrons. The van der Waals surface area contributed by atoms with Crippen LogP contribution >= 0.6 is 12.2 Å². The molecule has 1 heterocycles. The van der Waals surface area contributed by atoms with E-state index >= 15 is 0 Å². The number of nitrogens with one attached hydrogen (secondary N) is 1. The molecule has 0 saturated carbocycles. The first-order valence-electron chi connectivity index (χ1n) is 8.50. The summed E-state index contributed by atoms with van der Waals surface area (Å²) in [6, 6.07) is 15.3. The number of benzene rings is 2. The predicted octanol–water partition coefficient (Wildman–Crippen LogP) is 3.78. The standard InChI is InChI=1S/C20H22N2O2S/c1-15-4-8-17(9-5-15)21-19(23)14-24-18-10-6-16(7-11-18)20(25)22-12-2-3-13-22/h4-11H,2-3,12-14H2,1H3,(H,21,23). The predicted molar refractivity (Wildman–Crippen MR) is 104 cm³/mol. The molecule has 0 unspecified atom stereocenters. The summed E-state index contributed by atoms with van der Waals surface area (Å²) in [5.41, 5.74) is 2.94. The Morgan fingerprint density at radius 2 is 1.72 bits per heavy atom. The van der Waals surface area contributed by atoms with Crippen LogP contribution in [0.2, 0.25) is 0 Å².